The van der Waals surface area contributed by atoms with Gasteiger partial charge in [-0.05, 0) is 79.6 Å². The van der Waals surface area contributed by atoms with Crippen LogP contribution in [-0.4, -0.2) is 83.1 Å². The number of nitrogens with zero attached hydrogens (tertiary/aromatic N) is 5. The molecule has 2 aromatic carbocycles. The number of pyridine rings is 1. The molecule has 1 saturated heterocycles. The van der Waals surface area contributed by atoms with Crippen LogP contribution in [0, 0.1) is 5.95 Å². The van der Waals surface area contributed by atoms with Crippen molar-refractivity contribution in [2.24, 2.45) is 0 Å². The van der Waals surface area contributed by atoms with Crippen LogP contribution >= 0.6 is 0 Å². The van der Waals surface area contributed by atoms with Gasteiger partial charge in [0.15, 0.2) is 6.23 Å². The van der Waals surface area contributed by atoms with Gasteiger partial charge in [-0.2, -0.15) is 17.6 Å². The van der Waals surface area contributed by atoms with Gasteiger partial charge in [-0.25, -0.2) is 9.67 Å². The van der Waals surface area contributed by atoms with Crippen LogP contribution in [0.5, 0.6) is 5.88 Å². The number of halogens is 4. The molecule has 6 rings (SSSR count). The van der Waals surface area contributed by atoms with Crippen LogP contribution in [0.3, 0.4) is 0 Å². The zero-order valence-electron chi connectivity index (χ0n) is 28.4. The maximum Gasteiger partial charge on any atom is 0.393 e. The molecule has 2 aliphatic rings. The van der Waals surface area contributed by atoms with Crippen LogP contribution < -0.4 is 4.74 Å². The summed E-state index contributed by atoms with van der Waals surface area (Å²) in [6, 6.07) is 16.7. The first-order chi connectivity index (χ1) is 23.9. The summed E-state index contributed by atoms with van der Waals surface area (Å²) in [5.41, 5.74) is 1.86. The molecule has 12 heteroatoms. The van der Waals surface area contributed by atoms with Crippen molar-refractivity contribution in [1.82, 2.24) is 24.6 Å². The molecule has 8 nitrogen and oxygen atoms in total. The summed E-state index contributed by atoms with van der Waals surface area (Å²) in [6.45, 7) is 1.49. The van der Waals surface area contributed by atoms with Crippen molar-refractivity contribution in [2.45, 2.75) is 56.5 Å². The number of alkyl halides is 3. The van der Waals surface area contributed by atoms with E-state index in [1.807, 2.05) is 13.1 Å². The van der Waals surface area contributed by atoms with E-state index in [2.05, 4.69) is 15.0 Å². The molecule has 1 amide bonds. The van der Waals surface area contributed by atoms with Gasteiger partial charge in [0, 0.05) is 51.1 Å². The number of benzene rings is 2. The Kier molecular flexibility index (Phi) is 10.4. The first-order valence-electron chi connectivity index (χ1n) is 16.8. The van der Waals surface area contributed by atoms with Crippen molar-refractivity contribution < 1.29 is 31.8 Å². The molecule has 1 saturated carbocycles. The van der Waals surface area contributed by atoms with Crippen LogP contribution in [0.2, 0.25) is 0 Å². The lowest BCUT2D eigenvalue weighted by Gasteiger charge is -2.26. The Bertz CT molecular complexity index is 1860. The monoisotopic (exact) mass is 691 g/mol. The van der Waals surface area contributed by atoms with Crippen molar-refractivity contribution in [1.29, 1.82) is 0 Å². The Morgan fingerprint density at radius 3 is 2.44 bits per heavy atom. The van der Waals surface area contributed by atoms with E-state index in [9.17, 15) is 18.0 Å². The summed E-state index contributed by atoms with van der Waals surface area (Å²) < 4.78 is 71.5. The molecular formula is C38H41F4N5O3. The first-order valence-corrected chi connectivity index (χ1v) is 16.8. The zero-order valence-corrected chi connectivity index (χ0v) is 28.4. The average molecular weight is 692 g/mol. The Morgan fingerprint density at radius 1 is 1.04 bits per heavy atom. The van der Waals surface area contributed by atoms with Gasteiger partial charge >= 0.3 is 6.18 Å². The molecule has 1 atom stereocenters. The number of carbonyl (C=O) groups excluding carboxylic acids is 1. The number of carbonyl (C=O) groups is 1. The Labute approximate surface area is 289 Å². The number of rotatable bonds is 12. The fourth-order valence-electron chi connectivity index (χ4n) is 6.34. The number of likely N-dealkylation sites (N-methyl/N-ethyl adjacent to an activating group) is 2. The van der Waals surface area contributed by atoms with E-state index >= 15 is 4.39 Å². The topological polar surface area (TPSA) is 72.7 Å². The lowest BCUT2D eigenvalue weighted by atomic mass is 9.88. The summed E-state index contributed by atoms with van der Waals surface area (Å²) in [6.07, 6.45) is 3.13. The Morgan fingerprint density at radius 2 is 1.80 bits per heavy atom. The number of aromatic nitrogens is 3. The molecular weight excluding hydrogens is 650 g/mol. The molecule has 0 bridgehead atoms. The van der Waals surface area contributed by atoms with Crippen LogP contribution in [0.4, 0.5) is 17.6 Å². The van der Waals surface area contributed by atoms with Gasteiger partial charge in [0.25, 0.3) is 0 Å². The number of hydrogen-bond acceptors (Lipinski definition) is 6. The van der Waals surface area contributed by atoms with E-state index in [1.54, 1.807) is 80.8 Å². The third kappa shape index (κ3) is 8.08. The SMILES string of the molecule is CN(C)C(=O)C=CCN(C)C1(COc2ccc(/C(=C(/CC(F)(F)F)c3ccccc3)c3ccc4c(c3)c(F)nn4C3CCCCO3)cn2)CC1. The Balaban J connectivity index is 1.32. The molecule has 1 aliphatic carbocycles. The highest BCUT2D eigenvalue weighted by Gasteiger charge is 2.47. The van der Waals surface area contributed by atoms with Crippen LogP contribution in [0.25, 0.3) is 22.0 Å². The van der Waals surface area contributed by atoms with E-state index in [0.29, 0.717) is 54.3 Å². The van der Waals surface area contributed by atoms with Crippen LogP contribution in [0.1, 0.15) is 61.4 Å². The lowest BCUT2D eigenvalue weighted by molar-refractivity contribution is -0.124. The van der Waals surface area contributed by atoms with E-state index in [1.165, 1.54) is 15.8 Å². The van der Waals surface area contributed by atoms with Gasteiger partial charge in [-0.1, -0.05) is 42.5 Å². The highest BCUT2D eigenvalue weighted by molar-refractivity contribution is 6.00. The number of fused-ring (bicyclic) bond motifs is 1. The van der Waals surface area contributed by atoms with E-state index < -0.39 is 24.8 Å². The third-order valence-electron chi connectivity index (χ3n) is 9.41. The molecule has 1 aliphatic heterocycles. The first kappa shape index (κ1) is 35.3. The maximum atomic E-state index is 15.4. The molecule has 2 aromatic heterocycles. The molecule has 2 fully saturated rings. The summed E-state index contributed by atoms with van der Waals surface area (Å²) in [5.74, 6) is -0.469. The third-order valence-corrected chi connectivity index (χ3v) is 9.41. The fourth-order valence-corrected chi connectivity index (χ4v) is 6.34. The predicted molar refractivity (Wildman–Crippen MR) is 184 cm³/mol. The molecule has 0 spiro atoms. The lowest BCUT2D eigenvalue weighted by Crippen LogP contribution is -2.39. The van der Waals surface area contributed by atoms with Gasteiger partial charge in [-0.15, -0.1) is 5.10 Å². The number of amides is 1. The zero-order chi connectivity index (χ0) is 35.5. The minimum absolute atomic E-state index is 0.0377. The van der Waals surface area contributed by atoms with Gasteiger partial charge in [0.2, 0.25) is 17.7 Å². The highest BCUT2D eigenvalue weighted by atomic mass is 19.4. The van der Waals surface area contributed by atoms with Crippen LogP contribution in [-0.2, 0) is 9.53 Å². The average Bonchev–Trinajstić information content (AvgIpc) is 3.84. The van der Waals surface area contributed by atoms with Gasteiger partial charge < -0.3 is 14.4 Å². The second-order valence-electron chi connectivity index (χ2n) is 13.2. The molecule has 1 unspecified atom stereocenters. The van der Waals surface area contributed by atoms with E-state index in [4.69, 9.17) is 9.47 Å². The molecule has 264 valence electrons. The quantitative estimate of drug-likeness (QED) is 0.0863. The van der Waals surface area contributed by atoms with Gasteiger partial charge in [0.05, 0.1) is 22.9 Å². The molecule has 3 heterocycles. The van der Waals surface area contributed by atoms with E-state index in [-0.39, 0.29) is 28.0 Å². The van der Waals surface area contributed by atoms with Crippen molar-refractivity contribution in [2.75, 3.05) is 40.9 Å². The maximum absolute atomic E-state index is 15.4. The smallest absolute Gasteiger partial charge is 0.393 e. The molecule has 4 aromatic rings. The number of allylic oxidation sites excluding steroid dienone is 1. The van der Waals surface area contributed by atoms with E-state index in [0.717, 1.165) is 25.7 Å². The highest BCUT2D eigenvalue weighted by Crippen LogP contribution is 2.42. The molecule has 0 radical (unpaired) electrons. The summed E-state index contributed by atoms with van der Waals surface area (Å²) in [4.78, 5) is 20.1. The van der Waals surface area contributed by atoms with Crippen molar-refractivity contribution in [3.8, 4) is 5.88 Å². The standard InChI is InChI=1S/C38H41F4N5O3/c1-45(2)33(48)12-9-20-46(3)37(18-19-37)25-50-32-17-15-28(24-43-32)35(30(23-38(40,41)42)26-10-5-4-6-11-26)27-14-16-31-29(22-27)36(39)44-47(31)34-13-7-8-21-49-34/h4-6,9-12,14-17,22,24,34H,7-8,13,18-21,23,25H2,1-3H3/b12-9?,35-30-. The normalized spacial score (nSPS) is 18.0. The largest absolute Gasteiger partial charge is 0.476 e. The molecule has 0 N–H and O–H groups in total. The van der Waals surface area contributed by atoms with Gasteiger partial charge in [0.1, 0.15) is 6.61 Å². The summed E-state index contributed by atoms with van der Waals surface area (Å²) in [5, 5.41) is 4.32. The van der Waals surface area contributed by atoms with Crippen LogP contribution in [0.15, 0.2) is 79.0 Å². The summed E-state index contributed by atoms with van der Waals surface area (Å²) >= 11 is 0. The molecule has 50 heavy (non-hydrogen) atoms. The number of ether oxygens (including phenoxy) is 2. The minimum atomic E-state index is -4.52. The second-order valence-corrected chi connectivity index (χ2v) is 13.2. The minimum Gasteiger partial charge on any atom is -0.476 e. The number of hydrogen-bond donors (Lipinski definition) is 0. The van der Waals surface area contributed by atoms with Gasteiger partial charge in [-0.3, -0.25) is 9.69 Å². The van der Waals surface area contributed by atoms with Crippen molar-refractivity contribution in [3.05, 3.63) is 102 Å². The predicted octanol–water partition coefficient (Wildman–Crippen LogP) is 7.67. The second kappa shape index (κ2) is 14.7. The Hall–Kier alpha value is -4.55. The van der Waals surface area contributed by atoms with Crippen molar-refractivity contribution in [3.63, 3.8) is 0 Å². The summed E-state index contributed by atoms with van der Waals surface area (Å²) in [7, 11) is 5.37. The van der Waals surface area contributed by atoms with Crippen molar-refractivity contribution >= 4 is 28.0 Å². The fraction of sp³-hybridized carbons (Fsp3) is 0.395.